The zero-order valence-corrected chi connectivity index (χ0v) is 14.4. The second-order valence-corrected chi connectivity index (χ2v) is 6.30. The highest BCUT2D eigenvalue weighted by Gasteiger charge is 2.21. The summed E-state index contributed by atoms with van der Waals surface area (Å²) in [5.74, 6) is -1.14. The molecule has 0 aliphatic heterocycles. The fourth-order valence-electron chi connectivity index (χ4n) is 1.54. The maximum absolute atomic E-state index is 13.8. The number of anilines is 1. The summed E-state index contributed by atoms with van der Waals surface area (Å²) in [4.78, 5) is 23.7. The zero-order chi connectivity index (χ0) is 16.0. The third-order valence-corrected chi connectivity index (χ3v) is 5.04. The standard InChI is InChI=1S/C14H17BrFNO3S/c1-4-11(14(19)20-3)21-12-7-10(17-13(18)5-2)9(16)6-8(12)15/h6-7,11H,4-5H2,1-3H3,(H,17,18). The van der Waals surface area contributed by atoms with Crippen LogP contribution in [-0.2, 0) is 14.3 Å². The largest absolute Gasteiger partial charge is 0.468 e. The first-order valence-electron chi connectivity index (χ1n) is 6.46. The minimum absolute atomic E-state index is 0.104. The number of hydrogen-bond donors (Lipinski definition) is 1. The van der Waals surface area contributed by atoms with E-state index in [1.165, 1.54) is 31.0 Å². The van der Waals surface area contributed by atoms with Crippen LogP contribution >= 0.6 is 27.7 Å². The van der Waals surface area contributed by atoms with Crippen LogP contribution in [-0.4, -0.2) is 24.2 Å². The number of ether oxygens (including phenoxy) is 1. The van der Waals surface area contributed by atoms with Gasteiger partial charge in [0.2, 0.25) is 5.91 Å². The predicted molar refractivity (Wildman–Crippen MR) is 85.0 cm³/mol. The second-order valence-electron chi connectivity index (χ2n) is 4.20. The van der Waals surface area contributed by atoms with E-state index in [-0.39, 0.29) is 29.2 Å². The van der Waals surface area contributed by atoms with Crippen LogP contribution in [0.4, 0.5) is 10.1 Å². The SMILES string of the molecule is CCC(=O)Nc1cc(SC(CC)C(=O)OC)c(Br)cc1F. The van der Waals surface area contributed by atoms with Crippen LogP contribution in [0.5, 0.6) is 0 Å². The van der Waals surface area contributed by atoms with Crippen molar-refractivity contribution in [3.8, 4) is 0 Å². The predicted octanol–water partition coefficient (Wildman–Crippen LogP) is 3.98. The van der Waals surface area contributed by atoms with E-state index < -0.39 is 5.82 Å². The van der Waals surface area contributed by atoms with Crippen molar-refractivity contribution >= 4 is 45.3 Å². The molecule has 1 rings (SSSR count). The third-order valence-electron chi connectivity index (χ3n) is 2.72. The van der Waals surface area contributed by atoms with E-state index in [0.29, 0.717) is 15.8 Å². The summed E-state index contributed by atoms with van der Waals surface area (Å²) in [5, 5.41) is 2.11. The molecule has 0 aliphatic carbocycles. The number of esters is 1. The fourth-order valence-corrected chi connectivity index (χ4v) is 3.16. The number of thioether (sulfide) groups is 1. The van der Waals surface area contributed by atoms with Gasteiger partial charge in [0.15, 0.2) is 0 Å². The van der Waals surface area contributed by atoms with Crippen molar-refractivity contribution in [3.05, 3.63) is 22.4 Å². The summed E-state index contributed by atoms with van der Waals surface area (Å²) in [6, 6.07) is 2.79. The van der Waals surface area contributed by atoms with Gasteiger partial charge in [-0.1, -0.05) is 13.8 Å². The molecule has 7 heteroatoms. The van der Waals surface area contributed by atoms with Gasteiger partial charge in [-0.15, -0.1) is 11.8 Å². The van der Waals surface area contributed by atoms with Crippen LogP contribution in [0.1, 0.15) is 26.7 Å². The molecule has 1 atom stereocenters. The molecule has 4 nitrogen and oxygen atoms in total. The van der Waals surface area contributed by atoms with Gasteiger partial charge in [0.25, 0.3) is 0 Å². The molecule has 0 aromatic heterocycles. The van der Waals surface area contributed by atoms with E-state index in [2.05, 4.69) is 21.2 Å². The number of halogens is 2. The Kier molecular flexibility index (Phi) is 7.17. The van der Waals surface area contributed by atoms with Crippen LogP contribution < -0.4 is 5.32 Å². The van der Waals surface area contributed by atoms with Crippen molar-refractivity contribution in [1.29, 1.82) is 0 Å². The lowest BCUT2D eigenvalue weighted by molar-refractivity contribution is -0.140. The summed E-state index contributed by atoms with van der Waals surface area (Å²) < 4.78 is 19.1. The Hall–Kier alpha value is -1.08. The summed E-state index contributed by atoms with van der Waals surface area (Å²) >= 11 is 4.53. The highest BCUT2D eigenvalue weighted by molar-refractivity contribution is 9.10. The molecule has 0 fully saturated rings. The summed E-state index contributed by atoms with van der Waals surface area (Å²) in [5.41, 5.74) is 0.104. The minimum atomic E-state index is -0.529. The summed E-state index contributed by atoms with van der Waals surface area (Å²) in [7, 11) is 1.33. The lowest BCUT2D eigenvalue weighted by Gasteiger charge is -2.15. The van der Waals surface area contributed by atoms with Crippen LogP contribution in [0.3, 0.4) is 0 Å². The first-order valence-corrected chi connectivity index (χ1v) is 8.13. The van der Waals surface area contributed by atoms with E-state index in [4.69, 9.17) is 4.74 Å². The Balaban J connectivity index is 3.03. The minimum Gasteiger partial charge on any atom is -0.468 e. The molecule has 0 spiro atoms. The number of rotatable bonds is 6. The zero-order valence-electron chi connectivity index (χ0n) is 12.0. The quantitative estimate of drug-likeness (QED) is 0.601. The number of carbonyl (C=O) groups is 2. The highest BCUT2D eigenvalue weighted by Crippen LogP contribution is 2.36. The Morgan fingerprint density at radius 1 is 1.43 bits per heavy atom. The van der Waals surface area contributed by atoms with Gasteiger partial charge >= 0.3 is 5.97 Å². The normalized spacial score (nSPS) is 11.9. The number of nitrogens with one attached hydrogen (secondary N) is 1. The van der Waals surface area contributed by atoms with Gasteiger partial charge in [0.05, 0.1) is 12.8 Å². The average molecular weight is 378 g/mol. The maximum Gasteiger partial charge on any atom is 0.319 e. The van der Waals surface area contributed by atoms with E-state index in [9.17, 15) is 14.0 Å². The van der Waals surface area contributed by atoms with Crippen LogP contribution in [0.15, 0.2) is 21.5 Å². The van der Waals surface area contributed by atoms with Gasteiger partial charge in [-0.3, -0.25) is 9.59 Å². The smallest absolute Gasteiger partial charge is 0.319 e. The molecule has 116 valence electrons. The Morgan fingerprint density at radius 2 is 2.10 bits per heavy atom. The van der Waals surface area contributed by atoms with E-state index in [1.54, 1.807) is 6.92 Å². The molecule has 1 unspecified atom stereocenters. The Labute approximate surface area is 135 Å². The Morgan fingerprint density at radius 3 is 2.62 bits per heavy atom. The molecule has 0 radical (unpaired) electrons. The summed E-state index contributed by atoms with van der Waals surface area (Å²) in [6.45, 7) is 3.55. The maximum atomic E-state index is 13.8. The molecule has 1 aromatic carbocycles. The number of hydrogen-bond acceptors (Lipinski definition) is 4. The molecular weight excluding hydrogens is 361 g/mol. The molecule has 1 amide bonds. The first-order chi connectivity index (χ1) is 9.92. The molecule has 0 aliphatic rings. The first kappa shape index (κ1) is 18.0. The van der Waals surface area contributed by atoms with Crippen molar-refractivity contribution in [2.24, 2.45) is 0 Å². The third kappa shape index (κ3) is 5.00. The number of amides is 1. The highest BCUT2D eigenvalue weighted by atomic mass is 79.9. The molecule has 0 saturated heterocycles. The van der Waals surface area contributed by atoms with Gasteiger partial charge in [0.1, 0.15) is 11.1 Å². The van der Waals surface area contributed by atoms with Crippen LogP contribution in [0, 0.1) is 5.82 Å². The number of methoxy groups -OCH3 is 1. The van der Waals surface area contributed by atoms with Gasteiger partial charge in [-0.25, -0.2) is 4.39 Å². The molecule has 1 aromatic rings. The lowest BCUT2D eigenvalue weighted by Crippen LogP contribution is -2.17. The second kappa shape index (κ2) is 8.38. The fraction of sp³-hybridized carbons (Fsp3) is 0.429. The molecule has 0 heterocycles. The van der Waals surface area contributed by atoms with Gasteiger partial charge < -0.3 is 10.1 Å². The molecule has 0 bridgehead atoms. The van der Waals surface area contributed by atoms with Crippen molar-refractivity contribution < 1.29 is 18.7 Å². The van der Waals surface area contributed by atoms with Crippen molar-refractivity contribution in [3.63, 3.8) is 0 Å². The molecule has 21 heavy (non-hydrogen) atoms. The van der Waals surface area contributed by atoms with Crippen molar-refractivity contribution in [2.45, 2.75) is 36.8 Å². The lowest BCUT2D eigenvalue weighted by atomic mass is 10.3. The molecular formula is C14H17BrFNO3S. The summed E-state index contributed by atoms with van der Waals surface area (Å²) in [6.07, 6.45) is 0.843. The number of carbonyl (C=O) groups excluding carboxylic acids is 2. The average Bonchev–Trinajstić information content (AvgIpc) is 2.47. The van der Waals surface area contributed by atoms with Crippen molar-refractivity contribution in [2.75, 3.05) is 12.4 Å². The van der Waals surface area contributed by atoms with Gasteiger partial charge in [0, 0.05) is 15.8 Å². The molecule has 0 saturated carbocycles. The van der Waals surface area contributed by atoms with Crippen LogP contribution in [0.2, 0.25) is 0 Å². The van der Waals surface area contributed by atoms with Crippen LogP contribution in [0.25, 0.3) is 0 Å². The topological polar surface area (TPSA) is 55.4 Å². The van der Waals surface area contributed by atoms with E-state index >= 15 is 0 Å². The van der Waals surface area contributed by atoms with E-state index in [0.717, 1.165) is 0 Å². The monoisotopic (exact) mass is 377 g/mol. The van der Waals surface area contributed by atoms with Gasteiger partial charge in [-0.2, -0.15) is 0 Å². The number of benzene rings is 1. The van der Waals surface area contributed by atoms with Gasteiger partial charge in [-0.05, 0) is 34.5 Å². The van der Waals surface area contributed by atoms with Crippen molar-refractivity contribution in [1.82, 2.24) is 0 Å². The van der Waals surface area contributed by atoms with E-state index in [1.807, 2.05) is 6.92 Å². The Bertz CT molecular complexity index is 539. The molecule has 1 N–H and O–H groups in total.